The number of nitrogens with two attached hydrogens (primary N) is 1. The van der Waals surface area contributed by atoms with Crippen molar-refractivity contribution in [2.24, 2.45) is 0 Å². The van der Waals surface area contributed by atoms with Crippen molar-refractivity contribution < 1.29 is 14.3 Å². The number of aromatic amines is 1. The van der Waals surface area contributed by atoms with Crippen LogP contribution < -0.4 is 15.2 Å². The monoisotopic (exact) mass is 330 g/mol. The maximum atomic E-state index is 12.7. The zero-order valence-corrected chi connectivity index (χ0v) is 13.9. The summed E-state index contributed by atoms with van der Waals surface area (Å²) >= 11 is 0. The van der Waals surface area contributed by atoms with E-state index in [2.05, 4.69) is 10.2 Å². The van der Waals surface area contributed by atoms with E-state index >= 15 is 0 Å². The van der Waals surface area contributed by atoms with Crippen molar-refractivity contribution in [1.29, 1.82) is 0 Å². The molecule has 0 spiro atoms. The number of rotatable bonds is 5. The maximum Gasteiger partial charge on any atom is 0.227 e. The number of hydrogen-bond acceptors (Lipinski definition) is 5. The summed E-state index contributed by atoms with van der Waals surface area (Å²) in [5.74, 6) is 1.59. The summed E-state index contributed by atoms with van der Waals surface area (Å²) in [6.07, 6.45) is 2.74. The van der Waals surface area contributed by atoms with Gasteiger partial charge in [-0.15, -0.1) is 0 Å². The van der Waals surface area contributed by atoms with E-state index in [1.165, 1.54) is 0 Å². The van der Waals surface area contributed by atoms with Crippen LogP contribution in [0.1, 0.15) is 23.6 Å². The Morgan fingerprint density at radius 2 is 2.08 bits per heavy atom. The molecule has 3 rings (SSSR count). The van der Waals surface area contributed by atoms with Crippen molar-refractivity contribution >= 4 is 11.6 Å². The highest BCUT2D eigenvalue weighted by molar-refractivity contribution is 5.81. The number of carbonyl (C=O) groups excluding carboxylic acids is 1. The quantitative estimate of drug-likeness (QED) is 0.868. The molecule has 128 valence electrons. The predicted octanol–water partition coefficient (Wildman–Crippen LogP) is 1.57. The molecule has 0 saturated carbocycles. The molecule has 1 unspecified atom stereocenters. The molecule has 1 amide bonds. The van der Waals surface area contributed by atoms with Gasteiger partial charge in [-0.1, -0.05) is 6.07 Å². The van der Waals surface area contributed by atoms with Gasteiger partial charge in [-0.3, -0.25) is 9.89 Å². The number of methoxy groups -OCH3 is 2. The highest BCUT2D eigenvalue weighted by Gasteiger charge is 2.30. The third-order valence-corrected chi connectivity index (χ3v) is 4.51. The van der Waals surface area contributed by atoms with Gasteiger partial charge in [0, 0.05) is 24.6 Å². The number of benzene rings is 1. The summed E-state index contributed by atoms with van der Waals surface area (Å²) in [5, 5.41) is 6.90. The standard InChI is InChI=1S/C17H22N4O3/c1-23-14-4-3-5-15(24-2)12(14)8-16(22)21-7-6-11(10-21)17-13(18)9-19-20-17/h3-5,9,11H,6-8,10,18H2,1-2H3,(H,19,20). The SMILES string of the molecule is COc1cccc(OC)c1CC(=O)N1CCC(c2[nH]ncc2N)C1. The van der Waals surface area contributed by atoms with Crippen molar-refractivity contribution in [3.63, 3.8) is 0 Å². The molecule has 1 aliphatic rings. The van der Waals surface area contributed by atoms with Crippen LogP contribution in [0.25, 0.3) is 0 Å². The van der Waals surface area contributed by atoms with E-state index in [1.807, 2.05) is 23.1 Å². The number of carbonyl (C=O) groups is 1. The topological polar surface area (TPSA) is 93.5 Å². The fourth-order valence-corrected chi connectivity index (χ4v) is 3.22. The molecule has 1 aromatic carbocycles. The van der Waals surface area contributed by atoms with Crippen LogP contribution >= 0.6 is 0 Å². The van der Waals surface area contributed by atoms with Gasteiger partial charge in [0.25, 0.3) is 0 Å². The van der Waals surface area contributed by atoms with Gasteiger partial charge in [-0.05, 0) is 18.6 Å². The largest absolute Gasteiger partial charge is 0.496 e. The minimum Gasteiger partial charge on any atom is -0.496 e. The van der Waals surface area contributed by atoms with Gasteiger partial charge in [-0.25, -0.2) is 0 Å². The highest BCUT2D eigenvalue weighted by atomic mass is 16.5. The predicted molar refractivity (Wildman–Crippen MR) is 90.2 cm³/mol. The molecule has 2 aromatic rings. The minimum absolute atomic E-state index is 0.0541. The number of nitrogen functional groups attached to an aromatic ring is 1. The first-order chi connectivity index (χ1) is 11.6. The van der Waals surface area contributed by atoms with E-state index in [9.17, 15) is 4.79 Å². The molecule has 0 aliphatic carbocycles. The second-order valence-corrected chi connectivity index (χ2v) is 5.88. The Balaban J connectivity index is 1.72. The first-order valence-electron chi connectivity index (χ1n) is 7.90. The summed E-state index contributed by atoms with van der Waals surface area (Å²) in [4.78, 5) is 14.6. The fraction of sp³-hybridized carbons (Fsp3) is 0.412. The van der Waals surface area contributed by atoms with Crippen LogP contribution in [0.3, 0.4) is 0 Å². The van der Waals surface area contributed by atoms with Crippen molar-refractivity contribution in [3.05, 3.63) is 35.7 Å². The van der Waals surface area contributed by atoms with Gasteiger partial charge < -0.3 is 20.1 Å². The van der Waals surface area contributed by atoms with Gasteiger partial charge in [0.1, 0.15) is 11.5 Å². The second-order valence-electron chi connectivity index (χ2n) is 5.88. The van der Waals surface area contributed by atoms with Crippen LogP contribution in [0, 0.1) is 0 Å². The van der Waals surface area contributed by atoms with Gasteiger partial charge in [-0.2, -0.15) is 5.10 Å². The number of nitrogens with one attached hydrogen (secondary N) is 1. The second kappa shape index (κ2) is 6.82. The van der Waals surface area contributed by atoms with Crippen molar-refractivity contribution in [2.45, 2.75) is 18.8 Å². The molecule has 1 atom stereocenters. The summed E-state index contributed by atoms with van der Waals surface area (Å²) in [5.41, 5.74) is 8.26. The zero-order valence-electron chi connectivity index (χ0n) is 13.9. The molecule has 2 heterocycles. The third-order valence-electron chi connectivity index (χ3n) is 4.51. The van der Waals surface area contributed by atoms with E-state index in [1.54, 1.807) is 20.4 Å². The Morgan fingerprint density at radius 1 is 1.38 bits per heavy atom. The molecule has 1 aromatic heterocycles. The van der Waals surface area contributed by atoms with Crippen LogP contribution in [0.5, 0.6) is 11.5 Å². The van der Waals surface area contributed by atoms with Crippen LogP contribution in [-0.4, -0.2) is 48.3 Å². The number of amides is 1. The molecular formula is C17H22N4O3. The van der Waals surface area contributed by atoms with Gasteiger partial charge in [0.15, 0.2) is 0 Å². The molecular weight excluding hydrogens is 308 g/mol. The van der Waals surface area contributed by atoms with E-state index in [-0.39, 0.29) is 18.2 Å². The average molecular weight is 330 g/mol. The number of likely N-dealkylation sites (tertiary alicyclic amines) is 1. The lowest BCUT2D eigenvalue weighted by Gasteiger charge is -2.18. The molecule has 3 N–H and O–H groups in total. The Bertz CT molecular complexity index is 706. The normalized spacial score (nSPS) is 17.1. The van der Waals surface area contributed by atoms with Crippen LogP contribution in [0.2, 0.25) is 0 Å². The number of anilines is 1. The Morgan fingerprint density at radius 3 is 2.67 bits per heavy atom. The van der Waals surface area contributed by atoms with E-state index in [4.69, 9.17) is 15.2 Å². The van der Waals surface area contributed by atoms with Crippen molar-refractivity contribution in [3.8, 4) is 11.5 Å². The minimum atomic E-state index is 0.0541. The molecule has 0 bridgehead atoms. The van der Waals surface area contributed by atoms with Gasteiger partial charge in [0.2, 0.25) is 5.91 Å². The van der Waals surface area contributed by atoms with Crippen molar-refractivity contribution in [2.75, 3.05) is 33.0 Å². The van der Waals surface area contributed by atoms with Crippen LogP contribution in [0.4, 0.5) is 5.69 Å². The molecule has 1 saturated heterocycles. The fourth-order valence-electron chi connectivity index (χ4n) is 3.22. The Hall–Kier alpha value is -2.70. The van der Waals surface area contributed by atoms with E-state index < -0.39 is 0 Å². The first kappa shape index (κ1) is 16.2. The maximum absolute atomic E-state index is 12.7. The lowest BCUT2D eigenvalue weighted by atomic mass is 10.0. The Kier molecular flexibility index (Phi) is 4.59. The van der Waals surface area contributed by atoms with Gasteiger partial charge >= 0.3 is 0 Å². The highest BCUT2D eigenvalue weighted by Crippen LogP contribution is 2.32. The molecule has 7 heteroatoms. The number of nitrogens with zero attached hydrogens (tertiary/aromatic N) is 2. The molecule has 1 fully saturated rings. The van der Waals surface area contributed by atoms with Crippen LogP contribution in [-0.2, 0) is 11.2 Å². The van der Waals surface area contributed by atoms with E-state index in [0.717, 1.165) is 17.7 Å². The summed E-state index contributed by atoms with van der Waals surface area (Å²) in [7, 11) is 3.19. The zero-order chi connectivity index (χ0) is 17.1. The summed E-state index contributed by atoms with van der Waals surface area (Å²) in [6, 6.07) is 5.52. The molecule has 1 aliphatic heterocycles. The third kappa shape index (κ3) is 3.02. The van der Waals surface area contributed by atoms with Crippen LogP contribution in [0.15, 0.2) is 24.4 Å². The lowest BCUT2D eigenvalue weighted by molar-refractivity contribution is -0.129. The smallest absolute Gasteiger partial charge is 0.227 e. The van der Waals surface area contributed by atoms with Gasteiger partial charge in [0.05, 0.1) is 38.2 Å². The summed E-state index contributed by atoms with van der Waals surface area (Å²) < 4.78 is 10.7. The summed E-state index contributed by atoms with van der Waals surface area (Å²) in [6.45, 7) is 1.35. The number of aromatic nitrogens is 2. The number of ether oxygens (including phenoxy) is 2. The average Bonchev–Trinajstić information content (AvgIpc) is 3.23. The van der Waals surface area contributed by atoms with E-state index in [0.29, 0.717) is 30.3 Å². The number of H-pyrrole nitrogens is 1. The lowest BCUT2D eigenvalue weighted by Crippen LogP contribution is -2.30. The molecule has 24 heavy (non-hydrogen) atoms. The first-order valence-corrected chi connectivity index (χ1v) is 7.90. The Labute approximate surface area is 140 Å². The molecule has 7 nitrogen and oxygen atoms in total. The van der Waals surface area contributed by atoms with Crippen molar-refractivity contribution in [1.82, 2.24) is 15.1 Å². The molecule has 0 radical (unpaired) electrons. The number of hydrogen-bond donors (Lipinski definition) is 2.